The molecule has 16 heavy (non-hydrogen) atoms. The van der Waals surface area contributed by atoms with Gasteiger partial charge in [0.2, 0.25) is 0 Å². The van der Waals surface area contributed by atoms with Crippen LogP contribution in [0.1, 0.15) is 11.1 Å². The lowest BCUT2D eigenvalue weighted by molar-refractivity contribution is -0.138. The second kappa shape index (κ2) is 4.40. The zero-order valence-corrected chi connectivity index (χ0v) is 8.77. The highest BCUT2D eigenvalue weighted by Crippen LogP contribution is 2.31. The largest absolute Gasteiger partial charge is 0.416 e. The second-order valence-corrected chi connectivity index (χ2v) is 4.40. The number of nitrogens with two attached hydrogens (primary N) is 1. The molecule has 0 aliphatic rings. The zero-order valence-electron chi connectivity index (χ0n) is 7.95. The van der Waals surface area contributed by atoms with Crippen LogP contribution >= 0.6 is 0 Å². The van der Waals surface area contributed by atoms with Crippen molar-refractivity contribution in [2.24, 2.45) is 5.14 Å². The van der Waals surface area contributed by atoms with Crippen LogP contribution in [-0.4, -0.2) is 8.42 Å². The highest BCUT2D eigenvalue weighted by Gasteiger charge is 2.32. The van der Waals surface area contributed by atoms with Crippen LogP contribution in [-0.2, 0) is 22.9 Å². The molecule has 0 spiro atoms. The Morgan fingerprint density at radius 2 is 1.81 bits per heavy atom. The van der Waals surface area contributed by atoms with E-state index in [0.29, 0.717) is 0 Å². The third kappa shape index (κ3) is 3.80. The zero-order chi connectivity index (χ0) is 12.4. The first-order valence-electron chi connectivity index (χ1n) is 4.12. The summed E-state index contributed by atoms with van der Waals surface area (Å²) in [6.45, 7) is -0.492. The van der Waals surface area contributed by atoms with Crippen LogP contribution in [0.15, 0.2) is 24.3 Å². The SMILES string of the molecule is NS(=O)(=O)NCc1ccccc1C(F)(F)F. The van der Waals surface area contributed by atoms with Gasteiger partial charge in [-0.25, -0.2) is 5.14 Å². The number of alkyl halides is 3. The van der Waals surface area contributed by atoms with Gasteiger partial charge in [-0.05, 0) is 11.6 Å². The number of halogens is 3. The molecular formula is C8H9F3N2O2S. The molecule has 0 saturated carbocycles. The van der Waals surface area contributed by atoms with Crippen molar-refractivity contribution in [3.8, 4) is 0 Å². The van der Waals surface area contributed by atoms with Gasteiger partial charge in [0.25, 0.3) is 10.2 Å². The Bertz CT molecular complexity index is 470. The van der Waals surface area contributed by atoms with Gasteiger partial charge in [-0.1, -0.05) is 18.2 Å². The van der Waals surface area contributed by atoms with Crippen molar-refractivity contribution >= 4 is 10.2 Å². The molecule has 0 aliphatic heterocycles. The molecule has 0 bridgehead atoms. The quantitative estimate of drug-likeness (QED) is 0.844. The first kappa shape index (κ1) is 12.9. The van der Waals surface area contributed by atoms with Crippen LogP contribution in [0.5, 0.6) is 0 Å². The molecule has 1 aromatic carbocycles. The van der Waals surface area contributed by atoms with E-state index in [1.807, 2.05) is 0 Å². The molecule has 4 nitrogen and oxygen atoms in total. The Balaban J connectivity index is 2.97. The first-order chi connectivity index (χ1) is 7.20. The maximum Gasteiger partial charge on any atom is 0.416 e. The summed E-state index contributed by atoms with van der Waals surface area (Å²) in [6, 6.07) is 4.67. The van der Waals surface area contributed by atoms with E-state index in [2.05, 4.69) is 5.14 Å². The molecule has 8 heteroatoms. The Kier molecular flexibility index (Phi) is 3.56. The fourth-order valence-corrected chi connectivity index (χ4v) is 1.49. The van der Waals surface area contributed by atoms with E-state index in [0.717, 1.165) is 6.07 Å². The van der Waals surface area contributed by atoms with Gasteiger partial charge in [0.1, 0.15) is 0 Å². The van der Waals surface area contributed by atoms with E-state index < -0.39 is 28.5 Å². The van der Waals surface area contributed by atoms with E-state index in [1.54, 1.807) is 4.72 Å². The van der Waals surface area contributed by atoms with Gasteiger partial charge in [-0.2, -0.15) is 26.3 Å². The summed E-state index contributed by atoms with van der Waals surface area (Å²) in [6.07, 6.45) is -4.52. The van der Waals surface area contributed by atoms with Gasteiger partial charge in [-0.3, -0.25) is 0 Å². The van der Waals surface area contributed by atoms with Crippen molar-refractivity contribution in [1.29, 1.82) is 0 Å². The number of benzene rings is 1. The molecule has 0 heterocycles. The lowest BCUT2D eigenvalue weighted by atomic mass is 10.1. The lowest BCUT2D eigenvalue weighted by Crippen LogP contribution is -2.31. The van der Waals surface area contributed by atoms with Crippen molar-refractivity contribution in [3.63, 3.8) is 0 Å². The molecule has 90 valence electrons. The molecule has 1 aromatic rings. The maximum absolute atomic E-state index is 12.5. The molecule has 0 unspecified atom stereocenters. The molecule has 0 aliphatic carbocycles. The van der Waals surface area contributed by atoms with Crippen LogP contribution in [0.2, 0.25) is 0 Å². The average molecular weight is 254 g/mol. The van der Waals surface area contributed by atoms with Crippen molar-refractivity contribution in [2.75, 3.05) is 0 Å². The number of hydrogen-bond donors (Lipinski definition) is 2. The van der Waals surface area contributed by atoms with Crippen molar-refractivity contribution < 1.29 is 21.6 Å². The molecular weight excluding hydrogens is 245 g/mol. The average Bonchev–Trinajstić information content (AvgIpc) is 2.12. The number of nitrogens with one attached hydrogen (secondary N) is 1. The summed E-state index contributed by atoms with van der Waals surface area (Å²) in [7, 11) is -4.00. The smallest absolute Gasteiger partial charge is 0.216 e. The monoisotopic (exact) mass is 254 g/mol. The second-order valence-electron chi connectivity index (χ2n) is 3.02. The summed E-state index contributed by atoms with van der Waals surface area (Å²) in [5, 5.41) is 4.62. The van der Waals surface area contributed by atoms with Gasteiger partial charge in [0.15, 0.2) is 0 Å². The summed E-state index contributed by atoms with van der Waals surface area (Å²) >= 11 is 0. The minimum atomic E-state index is -4.52. The van der Waals surface area contributed by atoms with Crippen molar-refractivity contribution in [1.82, 2.24) is 4.72 Å². The Hall–Kier alpha value is -1.12. The molecule has 3 N–H and O–H groups in total. The van der Waals surface area contributed by atoms with Gasteiger partial charge < -0.3 is 0 Å². The van der Waals surface area contributed by atoms with Crippen molar-refractivity contribution in [3.05, 3.63) is 35.4 Å². The number of hydrogen-bond acceptors (Lipinski definition) is 2. The number of rotatable bonds is 3. The molecule has 0 aromatic heterocycles. The summed E-state index contributed by atoms with van der Waals surface area (Å²) in [4.78, 5) is 0. The summed E-state index contributed by atoms with van der Waals surface area (Å²) < 4.78 is 60.3. The van der Waals surface area contributed by atoms with Crippen molar-refractivity contribution in [2.45, 2.75) is 12.7 Å². The standard InChI is InChI=1S/C8H9F3N2O2S/c9-8(10,11)7-4-2-1-3-6(7)5-13-16(12,14)15/h1-4,13H,5H2,(H2,12,14,15). The Morgan fingerprint density at radius 1 is 1.25 bits per heavy atom. The topological polar surface area (TPSA) is 72.2 Å². The molecule has 0 amide bonds. The Labute approximate surface area is 90.4 Å². The van der Waals surface area contributed by atoms with Gasteiger partial charge in [0, 0.05) is 6.54 Å². The molecule has 0 radical (unpaired) electrons. The van der Waals surface area contributed by atoms with Gasteiger partial charge >= 0.3 is 6.18 Å². The van der Waals surface area contributed by atoms with Crippen LogP contribution in [0.4, 0.5) is 13.2 Å². The molecule has 0 atom stereocenters. The van der Waals surface area contributed by atoms with E-state index >= 15 is 0 Å². The highest BCUT2D eigenvalue weighted by atomic mass is 32.2. The minimum absolute atomic E-state index is 0.177. The van der Waals surface area contributed by atoms with Crippen LogP contribution in [0, 0.1) is 0 Å². The summed E-state index contributed by atoms with van der Waals surface area (Å²) in [5.41, 5.74) is -1.06. The Morgan fingerprint density at radius 3 is 2.31 bits per heavy atom. The van der Waals surface area contributed by atoms with E-state index in [1.165, 1.54) is 18.2 Å². The fourth-order valence-electron chi connectivity index (χ4n) is 1.13. The van der Waals surface area contributed by atoms with E-state index in [9.17, 15) is 21.6 Å². The normalized spacial score (nSPS) is 12.8. The van der Waals surface area contributed by atoms with Crippen LogP contribution < -0.4 is 9.86 Å². The third-order valence-electron chi connectivity index (χ3n) is 1.79. The predicted molar refractivity (Wildman–Crippen MR) is 51.4 cm³/mol. The molecule has 1 rings (SSSR count). The van der Waals surface area contributed by atoms with E-state index in [-0.39, 0.29) is 5.56 Å². The first-order valence-corrected chi connectivity index (χ1v) is 5.67. The third-order valence-corrected chi connectivity index (χ3v) is 2.33. The van der Waals surface area contributed by atoms with Gasteiger partial charge in [-0.15, -0.1) is 0 Å². The maximum atomic E-state index is 12.5. The molecule has 0 fully saturated rings. The van der Waals surface area contributed by atoms with Crippen LogP contribution in [0.3, 0.4) is 0 Å². The predicted octanol–water partition coefficient (Wildman–Crippen LogP) is 0.999. The lowest BCUT2D eigenvalue weighted by Gasteiger charge is -2.12. The summed E-state index contributed by atoms with van der Waals surface area (Å²) in [5.74, 6) is 0. The fraction of sp³-hybridized carbons (Fsp3) is 0.250. The minimum Gasteiger partial charge on any atom is -0.216 e. The van der Waals surface area contributed by atoms with Crippen LogP contribution in [0.25, 0.3) is 0 Å². The van der Waals surface area contributed by atoms with Gasteiger partial charge in [0.05, 0.1) is 5.56 Å². The molecule has 0 saturated heterocycles. The highest BCUT2D eigenvalue weighted by molar-refractivity contribution is 7.87. The van der Waals surface area contributed by atoms with E-state index in [4.69, 9.17) is 0 Å².